The Balaban J connectivity index is 0.0000189. The van der Waals surface area contributed by atoms with E-state index in [0.717, 1.165) is 57.9 Å². The number of phosphoric acid groups is 1. The average molecular weight is 1220 g/mol. The fraction of sp³-hybridized carbons (Fsp3) is 0.718. The topological polar surface area (TPSA) is 144 Å². The Bertz CT molecular complexity index is 2330. The lowest BCUT2D eigenvalue weighted by molar-refractivity contribution is -0.401. The molecule has 12 nitrogen and oxygen atoms in total. The van der Waals surface area contributed by atoms with Crippen molar-refractivity contribution >= 4 is 42.8 Å². The Labute approximate surface area is 522 Å². The van der Waals surface area contributed by atoms with Gasteiger partial charge >= 0.3 is 19.8 Å². The van der Waals surface area contributed by atoms with E-state index in [1.54, 1.807) is 0 Å². The number of benzene rings is 2. The van der Waals surface area contributed by atoms with Gasteiger partial charge in [-0.25, -0.2) is 4.57 Å². The van der Waals surface area contributed by atoms with Crippen LogP contribution in [0.2, 0.25) is 0 Å². The number of nitrogens with one attached hydrogen (secondary N) is 1. The zero-order valence-electron chi connectivity index (χ0n) is 54.4. The first-order valence-corrected chi connectivity index (χ1v) is 35.3. The van der Waals surface area contributed by atoms with Gasteiger partial charge in [-0.1, -0.05) is 256 Å². The Morgan fingerprint density at radius 1 is 0.588 bits per heavy atom. The number of rotatable bonds is 50. The number of ether oxygens (including phenoxy) is 2. The molecule has 2 aromatic rings. The van der Waals surface area contributed by atoms with E-state index >= 15 is 0 Å². The molecule has 1 unspecified atom stereocenters. The number of nitrogens with zero attached hydrogens (tertiary/aromatic N) is 2. The second-order valence-electron chi connectivity index (χ2n) is 25.2. The van der Waals surface area contributed by atoms with Crippen molar-refractivity contribution in [1.82, 2.24) is 5.32 Å². The Morgan fingerprint density at radius 3 is 1.58 bits per heavy atom. The number of hydrogen-bond donors (Lipinski definition) is 2. The number of carbonyl (C=O) groups excluding carboxylic acids is 3. The molecule has 2 aliphatic heterocycles. The van der Waals surface area contributed by atoms with Crippen LogP contribution in [0.1, 0.15) is 284 Å². The molecule has 2 heterocycles. The van der Waals surface area contributed by atoms with E-state index in [0.29, 0.717) is 25.7 Å². The van der Waals surface area contributed by atoms with Crippen molar-refractivity contribution in [2.24, 2.45) is 0 Å². The molecule has 2 N–H and O–H groups in total. The Kier molecular flexibility index (Phi) is 38.9. The number of unbranched alkanes of at least 4 members (excludes halogenated alkanes) is 30. The number of halogens is 1. The molecule has 0 saturated heterocycles. The normalized spacial score (nSPS) is 15.7. The number of para-hydroxylation sites is 2. The van der Waals surface area contributed by atoms with Gasteiger partial charge in [0.1, 0.15) is 13.7 Å². The standard InChI is InChI=1S/C71H116N3O9P.ClH/c1-8-10-12-14-16-18-20-22-24-26-28-30-32-34-38-53-68(76)80-58-60(83-69(77)54-39-35-33-31-29-27-25-23-21-19-17-15-13-11-9-2)59-82-84(78,79)81-57-55-72-67(75)52-37-36-44-56-74-64-49-43-41-47-62(64)71(5,6)66(74)51-45-50-65-70(3,4)61-46-40-42-48-63(61)73(65)7;/h40-43,45-51,60H,8-39,44,52-59H2,1-7H3,(H-,72,75,78,79);1H/t60-;/m1./s1. The highest BCUT2D eigenvalue weighted by Crippen LogP contribution is 2.48. The predicted molar refractivity (Wildman–Crippen MR) is 347 cm³/mol. The first kappa shape index (κ1) is 75.4. The van der Waals surface area contributed by atoms with Crippen molar-refractivity contribution in [1.29, 1.82) is 0 Å². The van der Waals surface area contributed by atoms with Crippen LogP contribution in [0.15, 0.2) is 72.5 Å². The van der Waals surface area contributed by atoms with Crippen molar-refractivity contribution < 1.29 is 59.3 Å². The molecule has 4 rings (SSSR count). The third-order valence-electron chi connectivity index (χ3n) is 17.3. The van der Waals surface area contributed by atoms with Crippen LogP contribution in [0.4, 0.5) is 11.4 Å². The molecule has 2 aliphatic rings. The van der Waals surface area contributed by atoms with Crippen LogP contribution >= 0.6 is 7.82 Å². The summed E-state index contributed by atoms with van der Waals surface area (Å²) in [5.41, 5.74) is 7.29. The minimum atomic E-state index is -4.61. The first-order valence-electron chi connectivity index (χ1n) is 33.8. The van der Waals surface area contributed by atoms with E-state index < -0.39 is 32.5 Å². The van der Waals surface area contributed by atoms with E-state index in [-0.39, 0.29) is 61.7 Å². The highest BCUT2D eigenvalue weighted by molar-refractivity contribution is 7.47. The number of amides is 1. The minimum absolute atomic E-state index is 0. The van der Waals surface area contributed by atoms with Gasteiger partial charge in [-0.05, 0) is 57.2 Å². The van der Waals surface area contributed by atoms with Crippen molar-refractivity contribution in [3.8, 4) is 0 Å². The monoisotopic (exact) mass is 1220 g/mol. The maximum Gasteiger partial charge on any atom is 0.472 e. The molecule has 2 aromatic carbocycles. The van der Waals surface area contributed by atoms with Gasteiger partial charge in [0.05, 0.1) is 18.6 Å². The molecule has 1 amide bonds. The highest BCUT2D eigenvalue weighted by Gasteiger charge is 2.43. The molecule has 2 atom stereocenters. The number of allylic oxidation sites excluding steroid dienone is 4. The highest BCUT2D eigenvalue weighted by atomic mass is 35.5. The summed E-state index contributed by atoms with van der Waals surface area (Å²) in [6.07, 6.45) is 45.7. The summed E-state index contributed by atoms with van der Waals surface area (Å²) >= 11 is 0. The second-order valence-corrected chi connectivity index (χ2v) is 26.7. The third kappa shape index (κ3) is 29.4. The molecule has 0 spiro atoms. The summed E-state index contributed by atoms with van der Waals surface area (Å²) < 4.78 is 37.0. The smallest absolute Gasteiger partial charge is 0.472 e. The molecule has 0 aromatic heterocycles. The van der Waals surface area contributed by atoms with Crippen molar-refractivity contribution in [3.63, 3.8) is 0 Å². The fourth-order valence-electron chi connectivity index (χ4n) is 12.2. The second kappa shape index (κ2) is 43.8. The van der Waals surface area contributed by atoms with Crippen molar-refractivity contribution in [3.05, 3.63) is 83.6 Å². The van der Waals surface area contributed by atoms with Crippen LogP contribution in [-0.2, 0) is 48.3 Å². The first-order chi connectivity index (χ1) is 40.6. The quantitative estimate of drug-likeness (QED) is 0.0284. The molecule has 0 bridgehead atoms. The van der Waals surface area contributed by atoms with Crippen LogP contribution in [0.3, 0.4) is 0 Å². The SMILES string of the molecule is CCCCCCCCCCCCCCCCCC(=O)OC[C@H](COP(=O)(O)OCCNC(=O)CCCCCN1C(=CC=CC2=[N+](C)c3ccccc3C2(C)C)C(C)(C)c2ccccc21)OC(=O)CCCCCCCCCCCCCCCCC.[Cl-]. The van der Waals surface area contributed by atoms with Crippen molar-refractivity contribution in [2.75, 3.05) is 44.9 Å². The molecule has 0 radical (unpaired) electrons. The summed E-state index contributed by atoms with van der Waals surface area (Å²) in [6.45, 7) is 13.5. The Hall–Kier alpha value is -3.80. The summed E-state index contributed by atoms with van der Waals surface area (Å²) in [4.78, 5) is 51.7. The van der Waals surface area contributed by atoms with Crippen LogP contribution in [-0.4, -0.2) is 79.1 Å². The van der Waals surface area contributed by atoms with E-state index in [1.165, 1.54) is 175 Å². The summed E-state index contributed by atoms with van der Waals surface area (Å²) in [5, 5.41) is 2.79. The van der Waals surface area contributed by atoms with Gasteiger partial charge in [0.25, 0.3) is 0 Å². The summed E-state index contributed by atoms with van der Waals surface area (Å²) in [6, 6.07) is 17.2. The van der Waals surface area contributed by atoms with E-state index in [9.17, 15) is 23.8 Å². The van der Waals surface area contributed by atoms with Crippen LogP contribution in [0, 0.1) is 0 Å². The van der Waals surface area contributed by atoms with Crippen molar-refractivity contribution in [2.45, 2.75) is 290 Å². The summed E-state index contributed by atoms with van der Waals surface area (Å²) in [5.74, 6) is -1.04. The van der Waals surface area contributed by atoms with Crippen LogP contribution < -0.4 is 22.6 Å². The van der Waals surface area contributed by atoms with E-state index in [2.05, 4.69) is 130 Å². The average Bonchev–Trinajstić information content (AvgIpc) is 1.75. The maximum atomic E-state index is 13.0. The number of fused-ring (bicyclic) bond motifs is 2. The molecule has 0 saturated carbocycles. The number of carbonyl (C=O) groups is 3. The molecular formula is C71H117ClN3O9P. The lowest BCUT2D eigenvalue weighted by atomic mass is 9.81. The van der Waals surface area contributed by atoms with E-state index in [4.69, 9.17) is 18.5 Å². The zero-order chi connectivity index (χ0) is 60.7. The number of hydrogen-bond acceptors (Lipinski definition) is 9. The molecule has 0 fully saturated rings. The van der Waals surface area contributed by atoms with Gasteiger partial charge in [0.2, 0.25) is 11.6 Å². The van der Waals surface area contributed by atoms with Crippen LogP contribution in [0.25, 0.3) is 0 Å². The number of anilines is 1. The lowest BCUT2D eigenvalue weighted by Crippen LogP contribution is -3.00. The predicted octanol–water partition coefficient (Wildman–Crippen LogP) is 15.7. The molecule has 14 heteroatoms. The van der Waals surface area contributed by atoms with Gasteiger partial charge in [0.15, 0.2) is 11.8 Å². The van der Waals surface area contributed by atoms with Crippen LogP contribution in [0.5, 0.6) is 0 Å². The fourth-order valence-corrected chi connectivity index (χ4v) is 13.0. The summed E-state index contributed by atoms with van der Waals surface area (Å²) in [7, 11) is -2.47. The van der Waals surface area contributed by atoms with Gasteiger partial charge in [0, 0.05) is 66.9 Å². The van der Waals surface area contributed by atoms with E-state index in [1.807, 2.05) is 0 Å². The minimum Gasteiger partial charge on any atom is -1.00 e. The molecule has 0 aliphatic carbocycles. The van der Waals surface area contributed by atoms with Gasteiger partial charge < -0.3 is 37.0 Å². The Morgan fingerprint density at radius 2 is 1.05 bits per heavy atom. The number of esters is 2. The lowest BCUT2D eigenvalue weighted by Gasteiger charge is -2.27. The van der Waals surface area contributed by atoms with Gasteiger partial charge in [-0.3, -0.25) is 23.4 Å². The number of phosphoric ester groups is 1. The largest absolute Gasteiger partial charge is 1.00 e. The zero-order valence-corrected chi connectivity index (χ0v) is 56.0. The molecule has 85 heavy (non-hydrogen) atoms. The van der Waals surface area contributed by atoms with Gasteiger partial charge in [-0.15, -0.1) is 0 Å². The molecule has 482 valence electrons. The van der Waals surface area contributed by atoms with Gasteiger partial charge in [-0.2, -0.15) is 4.58 Å². The third-order valence-corrected chi connectivity index (χ3v) is 18.3. The molecular weight excluding hydrogens is 1110 g/mol. The maximum absolute atomic E-state index is 13.0.